The lowest BCUT2D eigenvalue weighted by Crippen LogP contribution is -2.48. The molecule has 2 aliphatic heterocycles. The molecule has 7 nitrogen and oxygen atoms in total. The average molecular weight is 458 g/mol. The fraction of sp³-hybridized carbons (Fsp3) is 0.458. The van der Waals surface area contributed by atoms with Crippen LogP contribution >= 0.6 is 0 Å². The summed E-state index contributed by atoms with van der Waals surface area (Å²) in [4.78, 5) is 17.4. The predicted octanol–water partition coefficient (Wildman–Crippen LogP) is 2.83. The summed E-state index contributed by atoms with van der Waals surface area (Å²) < 4.78 is 33.5. The first kappa shape index (κ1) is 22.8. The van der Waals surface area contributed by atoms with E-state index in [1.54, 1.807) is 12.1 Å². The molecule has 0 N–H and O–H groups in total. The molecule has 0 aliphatic carbocycles. The summed E-state index contributed by atoms with van der Waals surface area (Å²) in [7, 11) is -3.69. The quantitative estimate of drug-likeness (QED) is 0.640. The van der Waals surface area contributed by atoms with Crippen molar-refractivity contribution in [1.82, 2.24) is 14.1 Å². The monoisotopic (exact) mass is 457 g/mol. The first-order chi connectivity index (χ1) is 15.5. The number of nitrogens with zero attached hydrogens (tertiary/aromatic N) is 3. The second-order valence-corrected chi connectivity index (χ2v) is 10.2. The van der Waals surface area contributed by atoms with Gasteiger partial charge in [-0.15, -0.1) is 0 Å². The summed E-state index contributed by atoms with van der Waals surface area (Å²) >= 11 is 0. The predicted molar refractivity (Wildman–Crippen MR) is 123 cm³/mol. The largest absolute Gasteiger partial charge is 0.492 e. The van der Waals surface area contributed by atoms with Crippen molar-refractivity contribution in [2.24, 2.45) is 0 Å². The summed E-state index contributed by atoms with van der Waals surface area (Å²) in [5.74, 6) is 0.175. The number of ether oxygens (including phenoxy) is 1. The van der Waals surface area contributed by atoms with E-state index in [0.29, 0.717) is 44.1 Å². The van der Waals surface area contributed by atoms with Crippen LogP contribution in [0.4, 0.5) is 0 Å². The first-order valence-corrected chi connectivity index (χ1v) is 12.8. The van der Waals surface area contributed by atoms with Gasteiger partial charge in [-0.05, 0) is 43.5 Å². The zero-order chi connectivity index (χ0) is 22.6. The number of rotatable bonds is 7. The average Bonchev–Trinajstić information content (AvgIpc) is 3.36. The smallest absolute Gasteiger partial charge is 0.253 e. The maximum atomic E-state index is 13.2. The Morgan fingerprint density at radius 3 is 2.28 bits per heavy atom. The molecular formula is C24H31N3O4S. The third-order valence-electron chi connectivity index (χ3n) is 6.08. The third-order valence-corrected chi connectivity index (χ3v) is 8.00. The van der Waals surface area contributed by atoms with Gasteiger partial charge in [-0.1, -0.05) is 30.3 Å². The molecular weight excluding hydrogens is 426 g/mol. The molecule has 0 bridgehead atoms. The summed E-state index contributed by atoms with van der Waals surface area (Å²) in [6.07, 6.45) is 1.71. The molecule has 1 amide bonds. The second kappa shape index (κ2) is 10.0. The molecule has 2 aromatic rings. The van der Waals surface area contributed by atoms with E-state index < -0.39 is 10.0 Å². The highest BCUT2D eigenvalue weighted by Crippen LogP contribution is 2.30. The topological polar surface area (TPSA) is 70.2 Å². The molecule has 0 spiro atoms. The Kier molecular flexibility index (Phi) is 7.13. The number of carbonyl (C=O) groups is 1. The van der Waals surface area contributed by atoms with Crippen LogP contribution in [0.2, 0.25) is 0 Å². The van der Waals surface area contributed by atoms with Crippen molar-refractivity contribution >= 4 is 15.9 Å². The fourth-order valence-electron chi connectivity index (χ4n) is 4.32. The number of piperazine rings is 1. The van der Waals surface area contributed by atoms with Crippen molar-refractivity contribution in [2.75, 3.05) is 45.9 Å². The van der Waals surface area contributed by atoms with Crippen molar-refractivity contribution in [1.29, 1.82) is 0 Å². The van der Waals surface area contributed by atoms with E-state index in [4.69, 9.17) is 4.74 Å². The second-order valence-electron chi connectivity index (χ2n) is 8.26. The van der Waals surface area contributed by atoms with Crippen molar-refractivity contribution in [2.45, 2.75) is 31.2 Å². The lowest BCUT2D eigenvalue weighted by Gasteiger charge is -2.35. The molecule has 8 heteroatoms. The molecule has 0 radical (unpaired) electrons. The number of sulfonamides is 1. The van der Waals surface area contributed by atoms with Gasteiger partial charge in [0.25, 0.3) is 5.91 Å². The Bertz CT molecular complexity index is 1030. The number of amides is 1. The maximum absolute atomic E-state index is 13.2. The molecule has 0 aromatic heterocycles. The van der Waals surface area contributed by atoms with Gasteiger partial charge >= 0.3 is 0 Å². The molecule has 0 saturated carbocycles. The first-order valence-electron chi connectivity index (χ1n) is 11.3. The van der Waals surface area contributed by atoms with E-state index in [-0.39, 0.29) is 10.8 Å². The van der Waals surface area contributed by atoms with Crippen LogP contribution in [0, 0.1) is 0 Å². The normalized spacial score (nSPS) is 18.1. The summed E-state index contributed by atoms with van der Waals surface area (Å²) in [5, 5.41) is 0. The number of benzene rings is 2. The van der Waals surface area contributed by atoms with Crippen LogP contribution in [0.5, 0.6) is 5.75 Å². The summed E-state index contributed by atoms with van der Waals surface area (Å²) in [6.45, 7) is 6.88. The Balaban J connectivity index is 1.48. The van der Waals surface area contributed by atoms with E-state index in [1.807, 2.05) is 30.0 Å². The highest BCUT2D eigenvalue weighted by molar-refractivity contribution is 7.89. The van der Waals surface area contributed by atoms with Crippen LogP contribution in [0.25, 0.3) is 0 Å². The fourth-order valence-corrected chi connectivity index (χ4v) is 5.99. The van der Waals surface area contributed by atoms with Gasteiger partial charge in [0.1, 0.15) is 10.6 Å². The van der Waals surface area contributed by atoms with Crippen LogP contribution in [0.15, 0.2) is 53.4 Å². The standard InChI is InChI=1S/C24H31N3O4S/c1-2-31-22-11-10-21(18-23(22)32(29,30)27-12-6-7-13-27)24(28)26-16-14-25(15-17-26)19-20-8-4-3-5-9-20/h3-5,8-11,18H,2,6-7,12-17,19H2,1H3. The summed E-state index contributed by atoms with van der Waals surface area (Å²) in [6, 6.07) is 15.1. The zero-order valence-electron chi connectivity index (χ0n) is 18.6. The number of hydrogen-bond acceptors (Lipinski definition) is 5. The minimum Gasteiger partial charge on any atom is -0.492 e. The highest BCUT2D eigenvalue weighted by Gasteiger charge is 2.31. The van der Waals surface area contributed by atoms with Gasteiger partial charge in [0, 0.05) is 51.4 Å². The van der Waals surface area contributed by atoms with Crippen LogP contribution in [-0.2, 0) is 16.6 Å². The lowest BCUT2D eigenvalue weighted by atomic mass is 10.1. The van der Waals surface area contributed by atoms with E-state index >= 15 is 0 Å². The Morgan fingerprint density at radius 1 is 0.938 bits per heavy atom. The van der Waals surface area contributed by atoms with Gasteiger partial charge in [0.2, 0.25) is 10.0 Å². The SMILES string of the molecule is CCOc1ccc(C(=O)N2CCN(Cc3ccccc3)CC2)cc1S(=O)(=O)N1CCCC1. The molecule has 2 aromatic carbocycles. The molecule has 4 rings (SSSR count). The van der Waals surface area contributed by atoms with E-state index in [9.17, 15) is 13.2 Å². The van der Waals surface area contributed by atoms with Crippen LogP contribution in [0.3, 0.4) is 0 Å². The van der Waals surface area contributed by atoms with Crippen molar-refractivity contribution in [3.05, 3.63) is 59.7 Å². The molecule has 32 heavy (non-hydrogen) atoms. The van der Waals surface area contributed by atoms with Crippen LogP contribution < -0.4 is 4.74 Å². The molecule has 172 valence electrons. The van der Waals surface area contributed by atoms with E-state index in [1.165, 1.54) is 15.9 Å². The maximum Gasteiger partial charge on any atom is 0.253 e. The van der Waals surface area contributed by atoms with Crippen molar-refractivity contribution in [3.63, 3.8) is 0 Å². The third kappa shape index (κ3) is 4.98. The molecule has 0 atom stereocenters. The number of hydrogen-bond donors (Lipinski definition) is 0. The van der Waals surface area contributed by atoms with Gasteiger partial charge in [-0.3, -0.25) is 9.69 Å². The Labute approximate surface area is 190 Å². The lowest BCUT2D eigenvalue weighted by molar-refractivity contribution is 0.0628. The summed E-state index contributed by atoms with van der Waals surface area (Å²) in [5.41, 5.74) is 1.65. The Morgan fingerprint density at radius 2 is 1.62 bits per heavy atom. The van der Waals surface area contributed by atoms with E-state index in [0.717, 1.165) is 32.5 Å². The molecule has 2 aliphatic rings. The highest BCUT2D eigenvalue weighted by atomic mass is 32.2. The minimum absolute atomic E-state index is 0.0924. The number of carbonyl (C=O) groups excluding carboxylic acids is 1. The Hall–Kier alpha value is -2.42. The van der Waals surface area contributed by atoms with Gasteiger partial charge in [0.15, 0.2) is 0 Å². The van der Waals surface area contributed by atoms with Gasteiger partial charge < -0.3 is 9.64 Å². The molecule has 0 unspecified atom stereocenters. The van der Waals surface area contributed by atoms with Gasteiger partial charge in [0.05, 0.1) is 6.61 Å². The van der Waals surface area contributed by atoms with E-state index in [2.05, 4.69) is 17.0 Å². The van der Waals surface area contributed by atoms with Gasteiger partial charge in [-0.25, -0.2) is 8.42 Å². The minimum atomic E-state index is -3.69. The molecule has 2 heterocycles. The van der Waals surface area contributed by atoms with Gasteiger partial charge in [-0.2, -0.15) is 4.31 Å². The van der Waals surface area contributed by atoms with Crippen LogP contribution in [-0.4, -0.2) is 74.3 Å². The molecule has 2 saturated heterocycles. The zero-order valence-corrected chi connectivity index (χ0v) is 19.4. The van der Waals surface area contributed by atoms with Crippen LogP contribution in [0.1, 0.15) is 35.7 Å². The van der Waals surface area contributed by atoms with Crippen molar-refractivity contribution in [3.8, 4) is 5.75 Å². The molecule has 2 fully saturated rings. The van der Waals surface area contributed by atoms with Crippen molar-refractivity contribution < 1.29 is 17.9 Å².